The van der Waals surface area contributed by atoms with E-state index in [0.29, 0.717) is 5.56 Å². The van der Waals surface area contributed by atoms with Crippen LogP contribution in [-0.4, -0.2) is 20.5 Å². The first-order valence-corrected chi connectivity index (χ1v) is 6.67. The molecule has 0 saturated carbocycles. The van der Waals surface area contributed by atoms with Crippen LogP contribution in [0, 0.1) is 6.92 Å². The second kappa shape index (κ2) is 5.12. The zero-order valence-electron chi connectivity index (χ0n) is 11.9. The van der Waals surface area contributed by atoms with Gasteiger partial charge in [0.2, 0.25) is 0 Å². The summed E-state index contributed by atoms with van der Waals surface area (Å²) >= 11 is 0. The van der Waals surface area contributed by atoms with E-state index in [2.05, 4.69) is 4.98 Å². The summed E-state index contributed by atoms with van der Waals surface area (Å²) in [5.41, 5.74) is 0.567. The molecule has 3 rings (SSSR count). The molecule has 0 unspecified atom stereocenters. The van der Waals surface area contributed by atoms with Crippen LogP contribution in [0.1, 0.15) is 21.6 Å². The minimum absolute atomic E-state index is 0.136. The molecule has 0 aliphatic heterocycles. The zero-order chi connectivity index (χ0) is 16.8. The highest BCUT2D eigenvalue weighted by atomic mass is 19.4. The van der Waals surface area contributed by atoms with Crippen molar-refractivity contribution in [3.05, 3.63) is 59.4 Å². The molecule has 0 amide bonds. The SMILES string of the molecule is Cc1ccc(-c2nc3ccc(C(F)(F)F)cn3c2C(=O)O)cc1. The molecule has 0 saturated heterocycles. The molecule has 3 aromatic rings. The molecule has 0 radical (unpaired) electrons. The maximum atomic E-state index is 12.8. The molecule has 23 heavy (non-hydrogen) atoms. The van der Waals surface area contributed by atoms with Crippen molar-refractivity contribution >= 4 is 11.6 Å². The van der Waals surface area contributed by atoms with Crippen LogP contribution >= 0.6 is 0 Å². The number of rotatable bonds is 2. The number of fused-ring (bicyclic) bond motifs is 1. The molecule has 1 N–H and O–H groups in total. The van der Waals surface area contributed by atoms with Gasteiger partial charge in [0.05, 0.1) is 5.56 Å². The van der Waals surface area contributed by atoms with Crippen molar-refractivity contribution in [1.82, 2.24) is 9.38 Å². The lowest BCUT2D eigenvalue weighted by molar-refractivity contribution is -0.137. The van der Waals surface area contributed by atoms with Gasteiger partial charge in [-0.1, -0.05) is 29.8 Å². The molecule has 1 aromatic carbocycles. The van der Waals surface area contributed by atoms with Crippen LogP contribution in [0.2, 0.25) is 0 Å². The molecule has 0 aliphatic carbocycles. The van der Waals surface area contributed by atoms with Crippen molar-refractivity contribution < 1.29 is 23.1 Å². The Balaban J connectivity index is 2.29. The van der Waals surface area contributed by atoms with Crippen molar-refractivity contribution in [2.45, 2.75) is 13.1 Å². The van der Waals surface area contributed by atoms with Gasteiger partial charge in [-0.05, 0) is 19.1 Å². The van der Waals surface area contributed by atoms with Crippen molar-refractivity contribution in [3.63, 3.8) is 0 Å². The van der Waals surface area contributed by atoms with Crippen LogP contribution in [-0.2, 0) is 6.18 Å². The van der Waals surface area contributed by atoms with Gasteiger partial charge in [-0.25, -0.2) is 9.78 Å². The van der Waals surface area contributed by atoms with Crippen molar-refractivity contribution in [2.24, 2.45) is 0 Å². The molecule has 7 heteroatoms. The summed E-state index contributed by atoms with van der Waals surface area (Å²) in [7, 11) is 0. The molecular formula is C16H11F3N2O2. The molecule has 2 aromatic heterocycles. The first kappa shape index (κ1) is 15.1. The third-order valence-electron chi connectivity index (χ3n) is 3.47. The quantitative estimate of drug-likeness (QED) is 0.776. The largest absolute Gasteiger partial charge is 0.476 e. The third kappa shape index (κ3) is 2.65. The van der Waals surface area contributed by atoms with E-state index in [1.165, 1.54) is 0 Å². The second-order valence-corrected chi connectivity index (χ2v) is 5.12. The second-order valence-electron chi connectivity index (χ2n) is 5.12. The first-order valence-electron chi connectivity index (χ1n) is 6.67. The standard InChI is InChI=1S/C16H11F3N2O2/c1-9-2-4-10(5-3-9)13-14(15(22)23)21-8-11(16(17,18)19)6-7-12(21)20-13/h2-8H,1H3,(H,22,23). The summed E-state index contributed by atoms with van der Waals surface area (Å²) in [5, 5.41) is 9.42. The van der Waals surface area contributed by atoms with Gasteiger partial charge in [-0.2, -0.15) is 13.2 Å². The molecule has 0 atom stereocenters. The Morgan fingerprint density at radius 2 is 1.78 bits per heavy atom. The number of halogens is 3. The number of pyridine rings is 1. The number of carbonyl (C=O) groups is 1. The van der Waals surface area contributed by atoms with Gasteiger partial charge in [0.15, 0.2) is 5.69 Å². The highest BCUT2D eigenvalue weighted by molar-refractivity contribution is 5.94. The van der Waals surface area contributed by atoms with Crippen molar-refractivity contribution in [2.75, 3.05) is 0 Å². The maximum absolute atomic E-state index is 12.8. The number of carboxylic acid groups (broad SMARTS) is 1. The summed E-state index contributed by atoms with van der Waals surface area (Å²) in [6.07, 6.45) is -3.80. The molecule has 4 nitrogen and oxygen atoms in total. The Labute approximate surface area is 128 Å². The van der Waals surface area contributed by atoms with Gasteiger partial charge in [0, 0.05) is 11.8 Å². The van der Waals surface area contributed by atoms with Crippen LogP contribution in [0.15, 0.2) is 42.6 Å². The number of aromatic carboxylic acids is 1. The molecule has 2 heterocycles. The lowest BCUT2D eigenvalue weighted by Gasteiger charge is -2.07. The summed E-state index contributed by atoms with van der Waals surface area (Å²) < 4.78 is 39.5. The van der Waals surface area contributed by atoms with E-state index < -0.39 is 17.7 Å². The van der Waals surface area contributed by atoms with Gasteiger partial charge >= 0.3 is 12.1 Å². The molecule has 0 spiro atoms. The van der Waals surface area contributed by atoms with Crippen LogP contribution in [0.3, 0.4) is 0 Å². The lowest BCUT2D eigenvalue weighted by atomic mass is 10.1. The highest BCUT2D eigenvalue weighted by Gasteiger charge is 2.32. The molecule has 0 aliphatic rings. The number of aryl methyl sites for hydroxylation is 1. The van der Waals surface area contributed by atoms with Gasteiger partial charge < -0.3 is 5.11 Å². The highest BCUT2D eigenvalue weighted by Crippen LogP contribution is 2.31. The number of hydrogen-bond acceptors (Lipinski definition) is 2. The van der Waals surface area contributed by atoms with Gasteiger partial charge in [0.25, 0.3) is 0 Å². The summed E-state index contributed by atoms with van der Waals surface area (Å²) in [4.78, 5) is 15.7. The normalized spacial score (nSPS) is 11.8. The third-order valence-corrected chi connectivity index (χ3v) is 3.47. The fraction of sp³-hybridized carbons (Fsp3) is 0.125. The minimum Gasteiger partial charge on any atom is -0.476 e. The molecule has 0 bridgehead atoms. The minimum atomic E-state index is -4.56. The van der Waals surface area contributed by atoms with Gasteiger partial charge in [-0.15, -0.1) is 0 Å². The van der Waals surface area contributed by atoms with Crippen LogP contribution in [0.5, 0.6) is 0 Å². The maximum Gasteiger partial charge on any atom is 0.417 e. The topological polar surface area (TPSA) is 54.6 Å². The lowest BCUT2D eigenvalue weighted by Crippen LogP contribution is -2.09. The van der Waals surface area contributed by atoms with E-state index in [-0.39, 0.29) is 17.0 Å². The number of benzene rings is 1. The number of nitrogens with zero attached hydrogens (tertiary/aromatic N) is 2. The van der Waals surface area contributed by atoms with E-state index in [1.807, 2.05) is 6.92 Å². The Morgan fingerprint density at radius 1 is 1.13 bits per heavy atom. The molecular weight excluding hydrogens is 309 g/mol. The van der Waals surface area contributed by atoms with E-state index in [1.54, 1.807) is 24.3 Å². The summed E-state index contributed by atoms with van der Waals surface area (Å²) in [5.74, 6) is -1.34. The van der Waals surface area contributed by atoms with Crippen molar-refractivity contribution in [3.8, 4) is 11.3 Å². The first-order chi connectivity index (χ1) is 10.8. The van der Waals surface area contributed by atoms with E-state index in [0.717, 1.165) is 28.3 Å². The average molecular weight is 320 g/mol. The van der Waals surface area contributed by atoms with Gasteiger partial charge in [-0.3, -0.25) is 4.40 Å². The fourth-order valence-corrected chi connectivity index (χ4v) is 2.33. The monoisotopic (exact) mass is 320 g/mol. The Bertz CT molecular complexity index is 896. The number of aromatic nitrogens is 2. The average Bonchev–Trinajstić information content (AvgIpc) is 2.85. The Morgan fingerprint density at radius 3 is 2.35 bits per heavy atom. The van der Waals surface area contributed by atoms with E-state index in [4.69, 9.17) is 0 Å². The van der Waals surface area contributed by atoms with Crippen LogP contribution < -0.4 is 0 Å². The zero-order valence-corrected chi connectivity index (χ0v) is 11.9. The van der Waals surface area contributed by atoms with Crippen LogP contribution in [0.25, 0.3) is 16.9 Å². The number of alkyl halides is 3. The number of carboxylic acids is 1. The Hall–Kier alpha value is -2.83. The number of hydrogen-bond donors (Lipinski definition) is 1. The van der Waals surface area contributed by atoms with Crippen LogP contribution in [0.4, 0.5) is 13.2 Å². The van der Waals surface area contributed by atoms with Gasteiger partial charge in [0.1, 0.15) is 11.3 Å². The predicted octanol–water partition coefficient (Wildman–Crippen LogP) is 4.03. The van der Waals surface area contributed by atoms with E-state index >= 15 is 0 Å². The Kier molecular flexibility index (Phi) is 3.35. The number of imidazole rings is 1. The molecule has 0 fully saturated rings. The summed E-state index contributed by atoms with van der Waals surface area (Å²) in [6, 6.07) is 8.99. The fourth-order valence-electron chi connectivity index (χ4n) is 2.33. The predicted molar refractivity (Wildman–Crippen MR) is 77.3 cm³/mol. The van der Waals surface area contributed by atoms with E-state index in [9.17, 15) is 23.1 Å². The smallest absolute Gasteiger partial charge is 0.417 e. The summed E-state index contributed by atoms with van der Waals surface area (Å²) in [6.45, 7) is 1.88. The van der Waals surface area contributed by atoms with Crippen molar-refractivity contribution in [1.29, 1.82) is 0 Å². The molecule has 118 valence electrons.